The smallest absolute Gasteiger partial charge is 0.273 e. The van der Waals surface area contributed by atoms with Crippen molar-refractivity contribution in [1.29, 1.82) is 0 Å². The molecule has 0 fully saturated rings. The zero-order valence-electron chi connectivity index (χ0n) is 17.8. The van der Waals surface area contributed by atoms with E-state index < -0.39 is 0 Å². The number of rotatable bonds is 9. The summed E-state index contributed by atoms with van der Waals surface area (Å²) in [6.07, 6.45) is 9.96. The Kier molecular flexibility index (Phi) is 6.30. The fourth-order valence-corrected chi connectivity index (χ4v) is 4.20. The standard InChI is InChI=1S/C22H30N6O2/c1-3-5-6-15(4-2)7-10-24-22(29)19-17-13-28(12-9-18(17)30-27-19)21-16-8-11-23-20(16)25-14-26-21/h8,11,14-15H,3-7,9-10,12-13H2,1-2H3,(H,24,29)(H,23,25,26). The van der Waals surface area contributed by atoms with Crippen molar-refractivity contribution >= 4 is 22.8 Å². The lowest BCUT2D eigenvalue weighted by Gasteiger charge is -2.27. The minimum absolute atomic E-state index is 0.151. The van der Waals surface area contributed by atoms with E-state index in [9.17, 15) is 4.79 Å². The van der Waals surface area contributed by atoms with Crippen LogP contribution in [0.15, 0.2) is 23.1 Å². The maximum absolute atomic E-state index is 12.8. The van der Waals surface area contributed by atoms with Gasteiger partial charge in [0.15, 0.2) is 5.69 Å². The van der Waals surface area contributed by atoms with Crippen molar-refractivity contribution in [3.05, 3.63) is 35.6 Å². The number of nitrogens with zero attached hydrogens (tertiary/aromatic N) is 4. The van der Waals surface area contributed by atoms with Gasteiger partial charge in [-0.2, -0.15) is 0 Å². The Morgan fingerprint density at radius 3 is 3.07 bits per heavy atom. The lowest BCUT2D eigenvalue weighted by molar-refractivity contribution is 0.0941. The molecule has 3 aromatic rings. The van der Waals surface area contributed by atoms with Crippen LogP contribution >= 0.6 is 0 Å². The summed E-state index contributed by atoms with van der Waals surface area (Å²) in [7, 11) is 0. The van der Waals surface area contributed by atoms with Crippen LogP contribution in [-0.2, 0) is 13.0 Å². The normalized spacial score (nSPS) is 14.7. The minimum Gasteiger partial charge on any atom is -0.360 e. The molecule has 4 heterocycles. The van der Waals surface area contributed by atoms with E-state index >= 15 is 0 Å². The highest BCUT2D eigenvalue weighted by atomic mass is 16.5. The van der Waals surface area contributed by atoms with Crippen molar-refractivity contribution in [2.24, 2.45) is 5.92 Å². The average Bonchev–Trinajstić information content (AvgIpc) is 3.42. The van der Waals surface area contributed by atoms with E-state index in [-0.39, 0.29) is 5.91 Å². The molecule has 3 aromatic heterocycles. The molecule has 0 saturated carbocycles. The van der Waals surface area contributed by atoms with E-state index in [1.54, 1.807) is 6.33 Å². The fraction of sp³-hybridized carbons (Fsp3) is 0.545. The predicted molar refractivity (Wildman–Crippen MR) is 115 cm³/mol. The van der Waals surface area contributed by atoms with E-state index in [0.717, 1.165) is 47.6 Å². The molecule has 4 rings (SSSR count). The Morgan fingerprint density at radius 2 is 2.23 bits per heavy atom. The van der Waals surface area contributed by atoms with Gasteiger partial charge in [0.2, 0.25) is 0 Å². The van der Waals surface area contributed by atoms with Crippen LogP contribution in [0.2, 0.25) is 0 Å². The summed E-state index contributed by atoms with van der Waals surface area (Å²) in [6, 6.07) is 1.98. The third-order valence-electron chi connectivity index (χ3n) is 6.06. The minimum atomic E-state index is -0.151. The molecule has 30 heavy (non-hydrogen) atoms. The average molecular weight is 411 g/mol. The Labute approximate surface area is 176 Å². The van der Waals surface area contributed by atoms with Gasteiger partial charge >= 0.3 is 0 Å². The highest BCUT2D eigenvalue weighted by Gasteiger charge is 2.29. The summed E-state index contributed by atoms with van der Waals surface area (Å²) in [5.41, 5.74) is 2.07. The van der Waals surface area contributed by atoms with Gasteiger partial charge < -0.3 is 19.7 Å². The molecule has 1 amide bonds. The van der Waals surface area contributed by atoms with Crippen LogP contribution in [0.5, 0.6) is 0 Å². The van der Waals surface area contributed by atoms with Crippen LogP contribution in [0.3, 0.4) is 0 Å². The number of hydrogen-bond donors (Lipinski definition) is 2. The monoisotopic (exact) mass is 410 g/mol. The Morgan fingerprint density at radius 1 is 1.33 bits per heavy atom. The zero-order valence-corrected chi connectivity index (χ0v) is 17.8. The first-order chi connectivity index (χ1) is 14.7. The Hall–Kier alpha value is -2.90. The number of H-pyrrole nitrogens is 1. The Balaban J connectivity index is 1.43. The van der Waals surface area contributed by atoms with E-state index in [1.807, 2.05) is 12.3 Å². The lowest BCUT2D eigenvalue weighted by atomic mass is 9.96. The molecule has 0 spiro atoms. The van der Waals surface area contributed by atoms with Gasteiger partial charge in [-0.15, -0.1) is 0 Å². The molecule has 8 heteroatoms. The summed E-state index contributed by atoms with van der Waals surface area (Å²) in [5.74, 6) is 2.17. The van der Waals surface area contributed by atoms with Crippen molar-refractivity contribution < 1.29 is 9.32 Å². The molecule has 1 aliphatic heterocycles. The number of amides is 1. The zero-order chi connectivity index (χ0) is 20.9. The molecule has 160 valence electrons. The first kappa shape index (κ1) is 20.4. The number of unbranched alkanes of at least 4 members (excludes halogenated alkanes) is 1. The SMILES string of the molecule is CCCCC(CC)CCNC(=O)c1noc2c1CN(c1ncnc3[nH]ccc13)CC2. The number of carbonyl (C=O) groups excluding carboxylic acids is 1. The third-order valence-corrected chi connectivity index (χ3v) is 6.06. The van der Waals surface area contributed by atoms with E-state index in [4.69, 9.17) is 4.52 Å². The number of fused-ring (bicyclic) bond motifs is 2. The number of hydrogen-bond acceptors (Lipinski definition) is 6. The molecule has 0 aromatic carbocycles. The highest BCUT2D eigenvalue weighted by molar-refractivity contribution is 5.94. The first-order valence-corrected chi connectivity index (χ1v) is 11.0. The molecule has 0 radical (unpaired) electrons. The number of aromatic amines is 1. The number of anilines is 1. The summed E-state index contributed by atoms with van der Waals surface area (Å²) < 4.78 is 5.49. The first-order valence-electron chi connectivity index (χ1n) is 11.0. The third kappa shape index (κ3) is 4.17. The van der Waals surface area contributed by atoms with Crippen molar-refractivity contribution in [2.75, 3.05) is 18.0 Å². The molecule has 1 aliphatic rings. The highest BCUT2D eigenvalue weighted by Crippen LogP contribution is 2.29. The van der Waals surface area contributed by atoms with Crippen LogP contribution in [0.25, 0.3) is 11.0 Å². The topological polar surface area (TPSA) is 99.9 Å². The van der Waals surface area contributed by atoms with E-state index in [2.05, 4.69) is 44.2 Å². The molecule has 1 unspecified atom stereocenters. The molecule has 0 saturated heterocycles. The van der Waals surface area contributed by atoms with Crippen LogP contribution < -0.4 is 10.2 Å². The number of aromatic nitrogens is 4. The maximum Gasteiger partial charge on any atom is 0.273 e. The van der Waals surface area contributed by atoms with Crippen molar-refractivity contribution in [2.45, 2.75) is 58.9 Å². The predicted octanol–water partition coefficient (Wildman–Crippen LogP) is 3.84. The maximum atomic E-state index is 12.8. The molecular weight excluding hydrogens is 380 g/mol. The van der Waals surface area contributed by atoms with Crippen molar-refractivity contribution in [1.82, 2.24) is 25.4 Å². The summed E-state index contributed by atoms with van der Waals surface area (Å²) in [6.45, 7) is 6.42. The van der Waals surface area contributed by atoms with Gasteiger partial charge in [-0.1, -0.05) is 44.7 Å². The summed E-state index contributed by atoms with van der Waals surface area (Å²) in [5, 5.41) is 8.11. The van der Waals surface area contributed by atoms with Gasteiger partial charge in [0.1, 0.15) is 23.6 Å². The van der Waals surface area contributed by atoms with Crippen LogP contribution in [0.1, 0.15) is 67.8 Å². The molecule has 1 atom stereocenters. The van der Waals surface area contributed by atoms with Crippen molar-refractivity contribution in [3.8, 4) is 0 Å². The second-order valence-electron chi connectivity index (χ2n) is 8.00. The Bertz CT molecular complexity index is 995. The van der Waals surface area contributed by atoms with Gasteiger partial charge in [0.05, 0.1) is 11.9 Å². The van der Waals surface area contributed by atoms with Crippen LogP contribution in [0, 0.1) is 5.92 Å². The second kappa shape index (κ2) is 9.28. The lowest BCUT2D eigenvalue weighted by Crippen LogP contribution is -2.33. The van der Waals surface area contributed by atoms with Gasteiger partial charge in [0, 0.05) is 31.3 Å². The van der Waals surface area contributed by atoms with E-state index in [0.29, 0.717) is 31.1 Å². The van der Waals surface area contributed by atoms with E-state index in [1.165, 1.54) is 19.3 Å². The fourth-order valence-electron chi connectivity index (χ4n) is 4.20. The quantitative estimate of drug-likeness (QED) is 0.556. The van der Waals surface area contributed by atoms with Gasteiger partial charge in [-0.05, 0) is 18.4 Å². The summed E-state index contributed by atoms with van der Waals surface area (Å²) >= 11 is 0. The molecular formula is C22H30N6O2. The van der Waals surface area contributed by atoms with Gasteiger partial charge in [-0.3, -0.25) is 4.79 Å². The number of carbonyl (C=O) groups is 1. The van der Waals surface area contributed by atoms with Crippen LogP contribution in [-0.4, -0.2) is 39.1 Å². The summed E-state index contributed by atoms with van der Waals surface area (Å²) in [4.78, 5) is 26.8. The molecule has 8 nitrogen and oxygen atoms in total. The van der Waals surface area contributed by atoms with Gasteiger partial charge in [-0.25, -0.2) is 9.97 Å². The largest absolute Gasteiger partial charge is 0.360 e. The molecule has 0 aliphatic carbocycles. The second-order valence-corrected chi connectivity index (χ2v) is 8.00. The molecule has 0 bridgehead atoms. The number of nitrogens with one attached hydrogen (secondary N) is 2. The van der Waals surface area contributed by atoms with Gasteiger partial charge in [0.25, 0.3) is 5.91 Å². The molecule has 2 N–H and O–H groups in total. The van der Waals surface area contributed by atoms with Crippen molar-refractivity contribution in [3.63, 3.8) is 0 Å². The van der Waals surface area contributed by atoms with Crippen LogP contribution in [0.4, 0.5) is 5.82 Å².